The van der Waals surface area contributed by atoms with Crippen LogP contribution in [0.5, 0.6) is 0 Å². The molecule has 0 aliphatic rings. The highest BCUT2D eigenvalue weighted by Gasteiger charge is 2.11. The molecule has 0 spiro atoms. The largest absolute Gasteiger partial charge is 0.268 e. The van der Waals surface area contributed by atoms with Crippen molar-refractivity contribution in [3.8, 4) is 5.69 Å². The van der Waals surface area contributed by atoms with Gasteiger partial charge in [0.25, 0.3) is 0 Å². The van der Waals surface area contributed by atoms with E-state index in [-0.39, 0.29) is 11.1 Å². The summed E-state index contributed by atoms with van der Waals surface area (Å²) >= 11 is 8.95. The molecule has 1 aromatic carbocycles. The minimum atomic E-state index is -0.388. The fourth-order valence-corrected chi connectivity index (χ4v) is 1.79. The predicted molar refractivity (Wildman–Crippen MR) is 54.0 cm³/mol. The van der Waals surface area contributed by atoms with Crippen molar-refractivity contribution in [3.05, 3.63) is 40.1 Å². The number of para-hydroxylation sites is 1. The number of hydrogen-bond acceptors (Lipinski definition) is 2. The quantitative estimate of drug-likeness (QED) is 0.802. The van der Waals surface area contributed by atoms with Crippen molar-refractivity contribution in [2.24, 2.45) is 0 Å². The van der Waals surface area contributed by atoms with Gasteiger partial charge in [0, 0.05) is 4.47 Å². The summed E-state index contributed by atoms with van der Waals surface area (Å²) in [5.74, 6) is -0.388. The van der Waals surface area contributed by atoms with Crippen molar-refractivity contribution in [2.75, 3.05) is 0 Å². The second kappa shape index (κ2) is 3.67. The zero-order chi connectivity index (χ0) is 10.1. The Morgan fingerprint density at radius 2 is 2.21 bits per heavy atom. The van der Waals surface area contributed by atoms with E-state index in [0.717, 1.165) is 0 Å². The Kier molecular flexibility index (Phi) is 2.52. The van der Waals surface area contributed by atoms with Gasteiger partial charge in [0.05, 0.1) is 5.69 Å². The molecule has 0 N–H and O–H groups in total. The average Bonchev–Trinajstić information content (AvgIpc) is 2.52. The number of aromatic nitrogens is 3. The van der Waals surface area contributed by atoms with Crippen LogP contribution in [0.15, 0.2) is 29.0 Å². The first-order valence-electron chi connectivity index (χ1n) is 3.70. The third-order valence-electron chi connectivity index (χ3n) is 1.68. The molecule has 1 heterocycles. The second-order valence-corrected chi connectivity index (χ2v) is 3.73. The third kappa shape index (κ3) is 1.53. The van der Waals surface area contributed by atoms with Crippen LogP contribution in [-0.2, 0) is 0 Å². The van der Waals surface area contributed by atoms with E-state index in [1.165, 1.54) is 17.0 Å². The van der Waals surface area contributed by atoms with E-state index in [0.29, 0.717) is 10.2 Å². The van der Waals surface area contributed by atoms with Crippen molar-refractivity contribution in [1.29, 1.82) is 0 Å². The molecule has 3 nitrogen and oxygen atoms in total. The van der Waals surface area contributed by atoms with Gasteiger partial charge in [-0.3, -0.25) is 4.57 Å². The molecule has 0 saturated heterocycles. The highest BCUT2D eigenvalue weighted by molar-refractivity contribution is 9.10. The number of benzene rings is 1. The van der Waals surface area contributed by atoms with Gasteiger partial charge in [0.2, 0.25) is 5.28 Å². The van der Waals surface area contributed by atoms with E-state index in [9.17, 15) is 4.39 Å². The Bertz CT molecular complexity index is 451. The summed E-state index contributed by atoms with van der Waals surface area (Å²) in [4.78, 5) is 0. The van der Waals surface area contributed by atoms with E-state index in [1.54, 1.807) is 12.1 Å². The Labute approximate surface area is 92.7 Å². The molecule has 0 fully saturated rings. The van der Waals surface area contributed by atoms with E-state index >= 15 is 0 Å². The van der Waals surface area contributed by atoms with Crippen LogP contribution < -0.4 is 0 Å². The molecule has 0 atom stereocenters. The summed E-state index contributed by atoms with van der Waals surface area (Å²) in [5.41, 5.74) is 0.308. The molecule has 1 aromatic heterocycles. The fraction of sp³-hybridized carbons (Fsp3) is 0. The maximum absolute atomic E-state index is 13.4. The van der Waals surface area contributed by atoms with Gasteiger partial charge in [-0.25, -0.2) is 4.39 Å². The summed E-state index contributed by atoms with van der Waals surface area (Å²) in [6.45, 7) is 0. The van der Waals surface area contributed by atoms with E-state index in [2.05, 4.69) is 26.1 Å². The topological polar surface area (TPSA) is 30.7 Å². The van der Waals surface area contributed by atoms with Gasteiger partial charge in [-0.05, 0) is 39.7 Å². The van der Waals surface area contributed by atoms with Crippen LogP contribution in [0, 0.1) is 5.82 Å². The van der Waals surface area contributed by atoms with Gasteiger partial charge in [-0.1, -0.05) is 6.07 Å². The average molecular weight is 276 g/mol. The maximum Gasteiger partial charge on any atom is 0.229 e. The normalized spacial score (nSPS) is 10.5. The van der Waals surface area contributed by atoms with Crippen LogP contribution in [0.3, 0.4) is 0 Å². The molecular weight excluding hydrogens is 272 g/mol. The molecule has 0 aliphatic heterocycles. The van der Waals surface area contributed by atoms with Crippen molar-refractivity contribution < 1.29 is 4.39 Å². The highest BCUT2D eigenvalue weighted by Crippen LogP contribution is 2.25. The lowest BCUT2D eigenvalue weighted by molar-refractivity contribution is 0.617. The first-order chi connectivity index (χ1) is 6.70. The first kappa shape index (κ1) is 9.61. The van der Waals surface area contributed by atoms with Gasteiger partial charge >= 0.3 is 0 Å². The van der Waals surface area contributed by atoms with Gasteiger partial charge in [0.15, 0.2) is 0 Å². The number of halogens is 3. The molecule has 0 radical (unpaired) electrons. The van der Waals surface area contributed by atoms with Crippen LogP contribution in [-0.4, -0.2) is 14.8 Å². The van der Waals surface area contributed by atoms with E-state index in [4.69, 9.17) is 11.6 Å². The molecular formula is C8H4BrClFN3. The monoisotopic (exact) mass is 275 g/mol. The standard InChI is InChI=1S/C8H4BrClFN3/c9-5-2-1-3-6(11)7(5)14-4-12-13-8(14)10/h1-4H. The summed E-state index contributed by atoms with van der Waals surface area (Å²) < 4.78 is 15.4. The van der Waals surface area contributed by atoms with Crippen LogP contribution in [0.4, 0.5) is 4.39 Å². The van der Waals surface area contributed by atoms with Crippen molar-refractivity contribution in [1.82, 2.24) is 14.8 Å². The summed E-state index contributed by atoms with van der Waals surface area (Å²) in [6.07, 6.45) is 1.35. The molecule has 72 valence electrons. The Hall–Kier alpha value is -0.940. The van der Waals surface area contributed by atoms with Gasteiger partial charge in [-0.2, -0.15) is 0 Å². The van der Waals surface area contributed by atoms with Crippen LogP contribution in [0.1, 0.15) is 0 Å². The minimum Gasteiger partial charge on any atom is -0.268 e. The van der Waals surface area contributed by atoms with Crippen LogP contribution in [0.2, 0.25) is 5.28 Å². The third-order valence-corrected chi connectivity index (χ3v) is 2.58. The summed E-state index contributed by atoms with van der Waals surface area (Å²) in [5, 5.41) is 7.26. The SMILES string of the molecule is Fc1cccc(Br)c1-n1cnnc1Cl. The molecule has 0 amide bonds. The molecule has 0 unspecified atom stereocenters. The van der Waals surface area contributed by atoms with E-state index in [1.807, 2.05) is 0 Å². The molecule has 0 saturated carbocycles. The molecule has 0 bridgehead atoms. The first-order valence-corrected chi connectivity index (χ1v) is 4.87. The Morgan fingerprint density at radius 1 is 1.43 bits per heavy atom. The smallest absolute Gasteiger partial charge is 0.229 e. The summed E-state index contributed by atoms with van der Waals surface area (Å²) in [6, 6.07) is 4.66. The summed E-state index contributed by atoms with van der Waals surface area (Å²) in [7, 11) is 0. The zero-order valence-electron chi connectivity index (χ0n) is 6.78. The molecule has 2 aromatic rings. The second-order valence-electron chi connectivity index (χ2n) is 2.54. The highest BCUT2D eigenvalue weighted by atomic mass is 79.9. The predicted octanol–water partition coefficient (Wildman–Crippen LogP) is 2.82. The maximum atomic E-state index is 13.4. The number of hydrogen-bond donors (Lipinski definition) is 0. The van der Waals surface area contributed by atoms with Gasteiger partial charge < -0.3 is 0 Å². The van der Waals surface area contributed by atoms with E-state index < -0.39 is 0 Å². The fourth-order valence-electron chi connectivity index (χ4n) is 1.09. The van der Waals surface area contributed by atoms with Crippen molar-refractivity contribution >= 4 is 27.5 Å². The molecule has 14 heavy (non-hydrogen) atoms. The minimum absolute atomic E-state index is 0.121. The lowest BCUT2D eigenvalue weighted by atomic mass is 10.3. The molecule has 6 heteroatoms. The van der Waals surface area contributed by atoms with Crippen molar-refractivity contribution in [2.45, 2.75) is 0 Å². The number of nitrogens with zero attached hydrogens (tertiary/aromatic N) is 3. The lowest BCUT2D eigenvalue weighted by Gasteiger charge is -2.06. The molecule has 0 aliphatic carbocycles. The van der Waals surface area contributed by atoms with Crippen LogP contribution in [0.25, 0.3) is 5.69 Å². The molecule has 2 rings (SSSR count). The lowest BCUT2D eigenvalue weighted by Crippen LogP contribution is -1.97. The van der Waals surface area contributed by atoms with Gasteiger partial charge in [0.1, 0.15) is 12.1 Å². The zero-order valence-corrected chi connectivity index (χ0v) is 9.13. The number of rotatable bonds is 1. The van der Waals surface area contributed by atoms with Crippen LogP contribution >= 0.6 is 27.5 Å². The Morgan fingerprint density at radius 3 is 2.79 bits per heavy atom. The Balaban J connectivity index is 2.68. The van der Waals surface area contributed by atoms with Gasteiger partial charge in [-0.15, -0.1) is 10.2 Å². The van der Waals surface area contributed by atoms with Crippen molar-refractivity contribution in [3.63, 3.8) is 0 Å².